The normalized spacial score (nSPS) is 9.47. The number of esters is 2. The van der Waals surface area contributed by atoms with E-state index in [1.165, 1.54) is 19.1 Å². The Labute approximate surface area is 96.8 Å². The van der Waals surface area contributed by atoms with Crippen LogP contribution >= 0.6 is 0 Å². The van der Waals surface area contributed by atoms with Crippen LogP contribution in [-0.4, -0.2) is 29.6 Å². The lowest BCUT2D eigenvalue weighted by atomic mass is 10.2. The standard InChI is InChI=1S/C11H10O6/c1-7(12)17-9-5-3-2-4-8(9)11(15)16-6-10(13)14/h2-5H,6H2,1H3,(H,13,14). The van der Waals surface area contributed by atoms with Crippen LogP contribution in [0, 0.1) is 0 Å². The van der Waals surface area contributed by atoms with Crippen molar-refractivity contribution in [2.75, 3.05) is 6.61 Å². The van der Waals surface area contributed by atoms with Gasteiger partial charge in [0.05, 0.1) is 0 Å². The Hall–Kier alpha value is -2.37. The minimum Gasteiger partial charge on any atom is -0.479 e. The predicted octanol–water partition coefficient (Wildman–Crippen LogP) is 0.853. The highest BCUT2D eigenvalue weighted by Gasteiger charge is 2.15. The third-order valence-corrected chi connectivity index (χ3v) is 1.69. The number of hydrogen-bond acceptors (Lipinski definition) is 5. The Morgan fingerprint density at radius 3 is 2.47 bits per heavy atom. The summed E-state index contributed by atoms with van der Waals surface area (Å²) >= 11 is 0. The zero-order valence-electron chi connectivity index (χ0n) is 9.00. The summed E-state index contributed by atoms with van der Waals surface area (Å²) in [5, 5.41) is 8.36. The lowest BCUT2D eigenvalue weighted by Crippen LogP contribution is -2.15. The average Bonchev–Trinajstić information content (AvgIpc) is 2.25. The fourth-order valence-corrected chi connectivity index (χ4v) is 1.08. The second-order valence-electron chi connectivity index (χ2n) is 3.06. The van der Waals surface area contributed by atoms with E-state index in [1.807, 2.05) is 0 Å². The maximum Gasteiger partial charge on any atom is 0.342 e. The minimum atomic E-state index is -1.26. The Morgan fingerprint density at radius 1 is 1.24 bits per heavy atom. The first-order valence-corrected chi connectivity index (χ1v) is 4.67. The molecule has 0 fully saturated rings. The van der Waals surface area contributed by atoms with Crippen molar-refractivity contribution < 1.29 is 29.0 Å². The maximum absolute atomic E-state index is 11.5. The number of para-hydroxylation sites is 1. The zero-order chi connectivity index (χ0) is 12.8. The van der Waals surface area contributed by atoms with E-state index < -0.39 is 24.5 Å². The Kier molecular flexibility index (Phi) is 4.21. The van der Waals surface area contributed by atoms with Crippen LogP contribution in [0.3, 0.4) is 0 Å². The van der Waals surface area contributed by atoms with E-state index in [2.05, 4.69) is 4.74 Å². The van der Waals surface area contributed by atoms with Crippen molar-refractivity contribution in [3.8, 4) is 5.75 Å². The van der Waals surface area contributed by atoms with Gasteiger partial charge in [-0.15, -0.1) is 0 Å². The molecule has 1 aromatic carbocycles. The van der Waals surface area contributed by atoms with Crippen LogP contribution in [0.4, 0.5) is 0 Å². The summed E-state index contributed by atoms with van der Waals surface area (Å²) in [4.78, 5) is 32.5. The molecular formula is C11H10O6. The van der Waals surface area contributed by atoms with Gasteiger partial charge in [0.25, 0.3) is 0 Å². The van der Waals surface area contributed by atoms with Crippen LogP contribution in [0.1, 0.15) is 17.3 Å². The van der Waals surface area contributed by atoms with Crippen molar-refractivity contribution in [1.82, 2.24) is 0 Å². The summed E-state index contributed by atoms with van der Waals surface area (Å²) in [5.41, 5.74) is 0.00366. The van der Waals surface area contributed by atoms with Crippen LogP contribution in [0.15, 0.2) is 24.3 Å². The van der Waals surface area contributed by atoms with Crippen LogP contribution in [0.5, 0.6) is 5.75 Å². The molecule has 0 radical (unpaired) electrons. The number of rotatable bonds is 4. The summed E-state index contributed by atoms with van der Waals surface area (Å²) in [5.74, 6) is -2.66. The maximum atomic E-state index is 11.5. The second-order valence-corrected chi connectivity index (χ2v) is 3.06. The number of hydrogen-bond donors (Lipinski definition) is 1. The molecule has 0 bridgehead atoms. The molecule has 90 valence electrons. The lowest BCUT2D eigenvalue weighted by Gasteiger charge is -2.07. The Bertz CT molecular complexity index is 451. The summed E-state index contributed by atoms with van der Waals surface area (Å²) in [6.45, 7) is 0.451. The largest absolute Gasteiger partial charge is 0.479 e. The average molecular weight is 238 g/mol. The van der Waals surface area contributed by atoms with Crippen LogP contribution in [0.25, 0.3) is 0 Å². The Morgan fingerprint density at radius 2 is 1.88 bits per heavy atom. The van der Waals surface area contributed by atoms with Gasteiger partial charge in [-0.05, 0) is 12.1 Å². The quantitative estimate of drug-likeness (QED) is 0.617. The topological polar surface area (TPSA) is 89.9 Å². The molecule has 0 saturated carbocycles. The van der Waals surface area contributed by atoms with Crippen molar-refractivity contribution in [2.24, 2.45) is 0 Å². The number of benzene rings is 1. The number of aliphatic carboxylic acids is 1. The number of carbonyl (C=O) groups excluding carboxylic acids is 2. The van der Waals surface area contributed by atoms with E-state index in [4.69, 9.17) is 9.84 Å². The molecule has 0 spiro atoms. The molecule has 6 nitrogen and oxygen atoms in total. The molecule has 0 saturated heterocycles. The molecule has 0 unspecified atom stereocenters. The van der Waals surface area contributed by atoms with Gasteiger partial charge in [-0.2, -0.15) is 0 Å². The number of carbonyl (C=O) groups is 3. The Balaban J connectivity index is 2.85. The number of carboxylic acids is 1. The molecule has 0 aliphatic carbocycles. The van der Waals surface area contributed by atoms with Crippen LogP contribution in [-0.2, 0) is 14.3 Å². The fourth-order valence-electron chi connectivity index (χ4n) is 1.08. The molecule has 0 aliphatic heterocycles. The van der Waals surface area contributed by atoms with Crippen molar-refractivity contribution in [2.45, 2.75) is 6.92 Å². The number of ether oxygens (including phenoxy) is 2. The zero-order valence-corrected chi connectivity index (χ0v) is 9.00. The van der Waals surface area contributed by atoms with Crippen molar-refractivity contribution in [3.63, 3.8) is 0 Å². The molecule has 0 aliphatic rings. The summed E-state index contributed by atoms with van der Waals surface area (Å²) in [6, 6.07) is 5.91. The SMILES string of the molecule is CC(=O)Oc1ccccc1C(=O)OCC(=O)O. The van der Waals surface area contributed by atoms with E-state index in [1.54, 1.807) is 12.1 Å². The molecular weight excluding hydrogens is 228 g/mol. The van der Waals surface area contributed by atoms with E-state index in [-0.39, 0.29) is 11.3 Å². The van der Waals surface area contributed by atoms with E-state index in [0.717, 1.165) is 0 Å². The van der Waals surface area contributed by atoms with Crippen molar-refractivity contribution in [3.05, 3.63) is 29.8 Å². The van der Waals surface area contributed by atoms with Gasteiger partial charge in [0.1, 0.15) is 11.3 Å². The highest BCUT2D eigenvalue weighted by atomic mass is 16.6. The highest BCUT2D eigenvalue weighted by molar-refractivity contribution is 5.94. The van der Waals surface area contributed by atoms with Gasteiger partial charge >= 0.3 is 17.9 Å². The van der Waals surface area contributed by atoms with Gasteiger partial charge in [-0.25, -0.2) is 9.59 Å². The summed E-state index contributed by atoms with van der Waals surface area (Å²) in [7, 11) is 0. The second kappa shape index (κ2) is 5.64. The minimum absolute atomic E-state index is 0.00366. The first-order chi connectivity index (χ1) is 8.00. The van der Waals surface area contributed by atoms with Gasteiger partial charge in [-0.1, -0.05) is 12.1 Å². The van der Waals surface area contributed by atoms with E-state index >= 15 is 0 Å². The number of carboxylic acid groups (broad SMARTS) is 1. The molecule has 1 aromatic rings. The van der Waals surface area contributed by atoms with Crippen molar-refractivity contribution >= 4 is 17.9 Å². The first-order valence-electron chi connectivity index (χ1n) is 4.67. The van der Waals surface area contributed by atoms with Gasteiger partial charge < -0.3 is 14.6 Å². The van der Waals surface area contributed by atoms with Gasteiger partial charge in [0, 0.05) is 6.92 Å². The van der Waals surface area contributed by atoms with E-state index in [9.17, 15) is 14.4 Å². The lowest BCUT2D eigenvalue weighted by molar-refractivity contribution is -0.140. The molecule has 0 heterocycles. The molecule has 0 atom stereocenters. The monoisotopic (exact) mass is 238 g/mol. The predicted molar refractivity (Wildman–Crippen MR) is 55.7 cm³/mol. The van der Waals surface area contributed by atoms with Crippen molar-refractivity contribution in [1.29, 1.82) is 0 Å². The summed E-state index contributed by atoms with van der Waals surface area (Å²) < 4.78 is 9.27. The molecule has 0 amide bonds. The molecule has 17 heavy (non-hydrogen) atoms. The highest BCUT2D eigenvalue weighted by Crippen LogP contribution is 2.18. The summed E-state index contributed by atoms with van der Waals surface area (Å²) in [6.07, 6.45) is 0. The third-order valence-electron chi connectivity index (χ3n) is 1.69. The third kappa shape index (κ3) is 3.94. The molecule has 6 heteroatoms. The van der Waals surface area contributed by atoms with Gasteiger partial charge in [0.2, 0.25) is 0 Å². The molecule has 1 N–H and O–H groups in total. The van der Waals surface area contributed by atoms with Gasteiger partial charge in [0.15, 0.2) is 6.61 Å². The fraction of sp³-hybridized carbons (Fsp3) is 0.182. The molecule has 0 aromatic heterocycles. The first kappa shape index (κ1) is 12.7. The van der Waals surface area contributed by atoms with E-state index in [0.29, 0.717) is 0 Å². The van der Waals surface area contributed by atoms with Gasteiger partial charge in [-0.3, -0.25) is 4.79 Å². The smallest absolute Gasteiger partial charge is 0.342 e. The van der Waals surface area contributed by atoms with Crippen LogP contribution in [0.2, 0.25) is 0 Å². The molecule has 1 rings (SSSR count). The van der Waals surface area contributed by atoms with Crippen LogP contribution < -0.4 is 4.74 Å².